The molecular weight excluding hydrogens is 248 g/mol. The molecule has 2 rings (SSSR count). The summed E-state index contributed by atoms with van der Waals surface area (Å²) in [6.45, 7) is 1.87. The molecule has 0 saturated carbocycles. The van der Waals surface area contributed by atoms with E-state index in [1.165, 1.54) is 11.1 Å². The molecule has 0 fully saturated rings. The van der Waals surface area contributed by atoms with Gasteiger partial charge in [0.05, 0.1) is 0 Å². The molecule has 2 aromatic rings. The zero-order valence-corrected chi connectivity index (χ0v) is 13.4. The maximum atomic E-state index is 6.05. The van der Waals surface area contributed by atoms with Gasteiger partial charge in [-0.15, -0.1) is 5.92 Å². The lowest BCUT2D eigenvalue weighted by Gasteiger charge is -2.32. The molecule has 0 N–H and O–H groups in total. The average molecular weight is 266 g/mol. The molecule has 0 spiro atoms. The molecule has 96 valence electrons. The topological polar surface area (TPSA) is 9.23 Å². The molecule has 0 heterocycles. The highest BCUT2D eigenvalue weighted by Crippen LogP contribution is 2.35. The highest BCUT2D eigenvalue weighted by atomic mass is 28.2. The van der Waals surface area contributed by atoms with E-state index in [0.29, 0.717) is 16.9 Å². The minimum absolute atomic E-state index is 0.433. The standard InChI is InChI=1S/C17H18OSi/c1-2-3-14-17(18-19,15-10-6-4-7-11-15)16-12-8-5-9-13-16/h4-13H,14H2,1,19H3. The summed E-state index contributed by atoms with van der Waals surface area (Å²) in [5, 5.41) is 0. The SMILES string of the molecule is CC#CCC(O[SiH3])(c1ccccc1)c1ccccc1. The van der Waals surface area contributed by atoms with E-state index >= 15 is 0 Å². The molecule has 19 heavy (non-hydrogen) atoms. The second-order valence-electron chi connectivity index (χ2n) is 4.37. The maximum absolute atomic E-state index is 6.05. The molecule has 0 aromatic heterocycles. The Labute approximate surface area is 118 Å². The summed E-state index contributed by atoms with van der Waals surface area (Å²) < 4.78 is 6.05. The van der Waals surface area contributed by atoms with Gasteiger partial charge in [-0.3, -0.25) is 0 Å². The average Bonchev–Trinajstić information content (AvgIpc) is 2.51. The predicted molar refractivity (Wildman–Crippen MR) is 82.8 cm³/mol. The molecular formula is C17H18OSi. The van der Waals surface area contributed by atoms with E-state index in [9.17, 15) is 0 Å². The first-order valence-electron chi connectivity index (χ1n) is 6.39. The van der Waals surface area contributed by atoms with Crippen molar-refractivity contribution in [3.05, 3.63) is 71.8 Å². The smallest absolute Gasteiger partial charge is 0.147 e. The Morgan fingerprint density at radius 3 is 1.79 bits per heavy atom. The van der Waals surface area contributed by atoms with Crippen LogP contribution in [0.1, 0.15) is 24.5 Å². The lowest BCUT2D eigenvalue weighted by Crippen LogP contribution is -2.30. The van der Waals surface area contributed by atoms with Crippen molar-refractivity contribution < 1.29 is 4.43 Å². The minimum atomic E-state index is -0.433. The van der Waals surface area contributed by atoms with Crippen LogP contribution in [0.25, 0.3) is 0 Å². The van der Waals surface area contributed by atoms with E-state index in [4.69, 9.17) is 4.43 Å². The molecule has 0 bridgehead atoms. The van der Waals surface area contributed by atoms with Crippen molar-refractivity contribution in [1.82, 2.24) is 0 Å². The van der Waals surface area contributed by atoms with Crippen LogP contribution in [0.3, 0.4) is 0 Å². The third-order valence-electron chi connectivity index (χ3n) is 3.34. The van der Waals surface area contributed by atoms with Crippen molar-refractivity contribution in [2.24, 2.45) is 0 Å². The van der Waals surface area contributed by atoms with Crippen molar-refractivity contribution in [3.8, 4) is 11.8 Å². The Bertz CT molecular complexity index is 527. The number of hydrogen-bond donors (Lipinski definition) is 0. The molecule has 0 aliphatic heterocycles. The van der Waals surface area contributed by atoms with Gasteiger partial charge in [0.15, 0.2) is 0 Å². The maximum Gasteiger partial charge on any atom is 0.147 e. The van der Waals surface area contributed by atoms with Crippen LogP contribution in [0.2, 0.25) is 0 Å². The molecule has 0 atom stereocenters. The Kier molecular flexibility index (Phi) is 4.56. The van der Waals surface area contributed by atoms with E-state index in [-0.39, 0.29) is 0 Å². The lowest BCUT2D eigenvalue weighted by molar-refractivity contribution is 0.131. The molecule has 0 saturated heterocycles. The van der Waals surface area contributed by atoms with Crippen molar-refractivity contribution >= 4 is 10.5 Å². The van der Waals surface area contributed by atoms with Gasteiger partial charge in [-0.25, -0.2) is 0 Å². The molecule has 0 unspecified atom stereocenters. The molecule has 0 amide bonds. The summed E-state index contributed by atoms with van der Waals surface area (Å²) in [6.07, 6.45) is 0.682. The summed E-state index contributed by atoms with van der Waals surface area (Å²) in [7, 11) is 0.665. The van der Waals surface area contributed by atoms with Gasteiger partial charge in [0.1, 0.15) is 16.1 Å². The molecule has 1 nitrogen and oxygen atoms in total. The number of hydrogen-bond acceptors (Lipinski definition) is 1. The van der Waals surface area contributed by atoms with E-state index in [1.807, 2.05) is 43.3 Å². The highest BCUT2D eigenvalue weighted by molar-refractivity contribution is 5.98. The van der Waals surface area contributed by atoms with Gasteiger partial charge < -0.3 is 4.43 Å². The monoisotopic (exact) mass is 266 g/mol. The van der Waals surface area contributed by atoms with Gasteiger partial charge in [-0.05, 0) is 18.1 Å². The van der Waals surface area contributed by atoms with Crippen molar-refractivity contribution in [1.29, 1.82) is 0 Å². The van der Waals surface area contributed by atoms with E-state index in [0.717, 1.165) is 0 Å². The number of rotatable bonds is 4. The fraction of sp³-hybridized carbons (Fsp3) is 0.176. The summed E-state index contributed by atoms with van der Waals surface area (Å²) in [5.74, 6) is 6.17. The first-order valence-corrected chi connectivity index (χ1v) is 7.21. The van der Waals surface area contributed by atoms with E-state index in [1.54, 1.807) is 0 Å². The van der Waals surface area contributed by atoms with Crippen LogP contribution in [0.4, 0.5) is 0 Å². The predicted octanol–water partition coefficient (Wildman–Crippen LogP) is 2.64. The summed E-state index contributed by atoms with van der Waals surface area (Å²) in [6, 6.07) is 20.7. The lowest BCUT2D eigenvalue weighted by atomic mass is 9.84. The Hall–Kier alpha value is -1.82. The van der Waals surface area contributed by atoms with Crippen molar-refractivity contribution in [2.75, 3.05) is 0 Å². The van der Waals surface area contributed by atoms with Crippen molar-refractivity contribution in [2.45, 2.75) is 18.9 Å². The zero-order chi connectivity index (χ0) is 13.6. The largest absolute Gasteiger partial charge is 0.414 e. The number of benzene rings is 2. The first-order chi connectivity index (χ1) is 9.33. The van der Waals surface area contributed by atoms with Crippen LogP contribution in [-0.4, -0.2) is 10.5 Å². The Morgan fingerprint density at radius 2 is 1.42 bits per heavy atom. The second kappa shape index (κ2) is 6.37. The highest BCUT2D eigenvalue weighted by Gasteiger charge is 2.32. The summed E-state index contributed by atoms with van der Waals surface area (Å²) >= 11 is 0. The van der Waals surface area contributed by atoms with Crippen LogP contribution in [-0.2, 0) is 10.0 Å². The van der Waals surface area contributed by atoms with Crippen LogP contribution < -0.4 is 0 Å². The molecule has 0 radical (unpaired) electrons. The minimum Gasteiger partial charge on any atom is -0.414 e. The quantitative estimate of drug-likeness (QED) is 0.610. The van der Waals surface area contributed by atoms with Crippen LogP contribution in [0, 0.1) is 11.8 Å². The fourth-order valence-electron chi connectivity index (χ4n) is 2.31. The van der Waals surface area contributed by atoms with Gasteiger partial charge in [0, 0.05) is 6.42 Å². The fourth-order valence-corrected chi connectivity index (χ4v) is 2.92. The van der Waals surface area contributed by atoms with Crippen LogP contribution >= 0.6 is 0 Å². The van der Waals surface area contributed by atoms with Gasteiger partial charge in [-0.1, -0.05) is 66.6 Å². The summed E-state index contributed by atoms with van der Waals surface area (Å²) in [5.41, 5.74) is 1.90. The van der Waals surface area contributed by atoms with Gasteiger partial charge in [0.25, 0.3) is 0 Å². The molecule has 2 aromatic carbocycles. The molecule has 2 heteroatoms. The van der Waals surface area contributed by atoms with Crippen LogP contribution in [0.15, 0.2) is 60.7 Å². The normalized spacial score (nSPS) is 10.8. The van der Waals surface area contributed by atoms with E-state index in [2.05, 4.69) is 36.1 Å². The van der Waals surface area contributed by atoms with Crippen molar-refractivity contribution in [3.63, 3.8) is 0 Å². The second-order valence-corrected chi connectivity index (χ2v) is 4.77. The molecule has 0 aliphatic carbocycles. The van der Waals surface area contributed by atoms with Crippen LogP contribution in [0.5, 0.6) is 0 Å². The Balaban J connectivity index is 2.57. The summed E-state index contributed by atoms with van der Waals surface area (Å²) in [4.78, 5) is 0. The third kappa shape index (κ3) is 2.78. The third-order valence-corrected chi connectivity index (χ3v) is 4.04. The first kappa shape index (κ1) is 13.6. The van der Waals surface area contributed by atoms with Gasteiger partial charge >= 0.3 is 0 Å². The van der Waals surface area contributed by atoms with Gasteiger partial charge in [0.2, 0.25) is 0 Å². The zero-order valence-electron chi connectivity index (χ0n) is 11.4. The molecule has 0 aliphatic rings. The Morgan fingerprint density at radius 1 is 0.947 bits per heavy atom. The van der Waals surface area contributed by atoms with E-state index < -0.39 is 5.60 Å². The van der Waals surface area contributed by atoms with Gasteiger partial charge in [-0.2, -0.15) is 0 Å².